The van der Waals surface area contributed by atoms with Gasteiger partial charge in [-0.2, -0.15) is 0 Å². The van der Waals surface area contributed by atoms with E-state index < -0.39 is 9.85 Å². The van der Waals surface area contributed by atoms with E-state index >= 15 is 0 Å². The highest BCUT2D eigenvalue weighted by Gasteiger charge is 1.90. The van der Waals surface area contributed by atoms with Crippen molar-refractivity contribution in [2.24, 2.45) is 0 Å². The van der Waals surface area contributed by atoms with E-state index in [1.807, 2.05) is 0 Å². The Hall–Kier alpha value is -2.70. The molecule has 0 N–H and O–H groups in total. The van der Waals surface area contributed by atoms with Crippen LogP contribution < -0.4 is 0 Å². The number of rotatable bonds is 4. The maximum Gasteiger partial charge on any atom is 0.235 e. The highest BCUT2D eigenvalue weighted by molar-refractivity contribution is 6.30. The zero-order valence-corrected chi connectivity index (χ0v) is 13.7. The monoisotopic (exact) mass is 366 g/mol. The molecule has 0 unspecified atom stereocenters. The van der Waals surface area contributed by atoms with Gasteiger partial charge in [-0.05, 0) is 35.4 Å². The lowest BCUT2D eigenvalue weighted by atomic mass is 10.2. The first-order chi connectivity index (χ1) is 11.4. The van der Waals surface area contributed by atoms with Gasteiger partial charge in [-0.15, -0.1) is 0 Å². The zero-order chi connectivity index (χ0) is 17.9. The van der Waals surface area contributed by atoms with Gasteiger partial charge in [0, 0.05) is 22.2 Å². The second-order valence-electron chi connectivity index (χ2n) is 4.31. The predicted molar refractivity (Wildman–Crippen MR) is 95.0 cm³/mol. The summed E-state index contributed by atoms with van der Waals surface area (Å²) in [6.45, 7) is 0. The molecule has 0 bridgehead atoms. The van der Waals surface area contributed by atoms with E-state index in [2.05, 4.69) is 0 Å². The summed E-state index contributed by atoms with van der Waals surface area (Å²) in [4.78, 5) is 18.9. The summed E-state index contributed by atoms with van der Waals surface area (Å²) in [5.74, 6) is 0. The zero-order valence-electron chi connectivity index (χ0n) is 12.2. The van der Waals surface area contributed by atoms with Crippen LogP contribution in [0.5, 0.6) is 0 Å². The molecule has 0 saturated heterocycles. The third-order valence-corrected chi connectivity index (χ3v) is 3.02. The fourth-order valence-electron chi connectivity index (χ4n) is 1.44. The first kappa shape index (κ1) is 19.3. The van der Waals surface area contributed by atoms with Crippen molar-refractivity contribution in [1.82, 2.24) is 0 Å². The standard InChI is InChI=1S/2C8H6ClNO2/c2*9-8-3-1-7(2-4-8)5-6-10(11)12/h2*1-6H. The predicted octanol–water partition coefficient (Wildman–Crippen LogP) is 5.17. The Kier molecular flexibility index (Phi) is 8.18. The molecule has 24 heavy (non-hydrogen) atoms. The molecule has 0 aromatic heterocycles. The quantitative estimate of drug-likeness (QED) is 0.551. The van der Waals surface area contributed by atoms with Crippen molar-refractivity contribution < 1.29 is 9.85 Å². The van der Waals surface area contributed by atoms with Crippen molar-refractivity contribution in [3.63, 3.8) is 0 Å². The number of nitro groups is 2. The normalized spacial score (nSPS) is 10.4. The molecule has 0 spiro atoms. The Bertz CT molecular complexity index is 676. The lowest BCUT2D eigenvalue weighted by Gasteiger charge is -1.90. The van der Waals surface area contributed by atoms with E-state index in [9.17, 15) is 20.2 Å². The van der Waals surface area contributed by atoms with Crippen LogP contribution in [0.15, 0.2) is 60.9 Å². The van der Waals surface area contributed by atoms with Gasteiger partial charge >= 0.3 is 0 Å². The minimum Gasteiger partial charge on any atom is -0.259 e. The number of hydrogen-bond donors (Lipinski definition) is 0. The average molecular weight is 367 g/mol. The fraction of sp³-hybridized carbons (Fsp3) is 0. The van der Waals surface area contributed by atoms with Crippen LogP contribution >= 0.6 is 23.2 Å². The van der Waals surface area contributed by atoms with Crippen LogP contribution in [0.3, 0.4) is 0 Å². The Morgan fingerprint density at radius 3 is 1.21 bits per heavy atom. The van der Waals surface area contributed by atoms with Gasteiger partial charge in [-0.25, -0.2) is 0 Å². The van der Waals surface area contributed by atoms with Gasteiger partial charge in [0.25, 0.3) is 0 Å². The Balaban J connectivity index is 0.000000240. The number of nitrogens with zero attached hydrogens (tertiary/aromatic N) is 2. The number of benzene rings is 2. The lowest BCUT2D eigenvalue weighted by Crippen LogP contribution is -1.81. The Morgan fingerprint density at radius 2 is 0.958 bits per heavy atom. The third-order valence-electron chi connectivity index (χ3n) is 2.52. The molecule has 8 heteroatoms. The van der Waals surface area contributed by atoms with Gasteiger partial charge in [0.1, 0.15) is 0 Å². The second-order valence-corrected chi connectivity index (χ2v) is 5.18. The molecule has 0 heterocycles. The summed E-state index contributed by atoms with van der Waals surface area (Å²) in [6, 6.07) is 13.6. The largest absolute Gasteiger partial charge is 0.259 e. The molecule has 0 radical (unpaired) electrons. The molecule has 0 amide bonds. The molecule has 0 saturated carbocycles. The van der Waals surface area contributed by atoms with Crippen molar-refractivity contribution in [1.29, 1.82) is 0 Å². The molecular weight excluding hydrogens is 355 g/mol. The van der Waals surface area contributed by atoms with Crippen LogP contribution in [0.2, 0.25) is 10.0 Å². The Labute approximate surface area is 147 Å². The molecule has 0 atom stereocenters. The van der Waals surface area contributed by atoms with Crippen LogP contribution in [-0.2, 0) is 0 Å². The van der Waals surface area contributed by atoms with Crippen molar-refractivity contribution in [2.45, 2.75) is 0 Å². The van der Waals surface area contributed by atoms with Crippen molar-refractivity contribution in [3.05, 3.63) is 102 Å². The van der Waals surface area contributed by atoms with Crippen molar-refractivity contribution >= 4 is 35.4 Å². The topological polar surface area (TPSA) is 86.3 Å². The van der Waals surface area contributed by atoms with Gasteiger partial charge in [0.15, 0.2) is 0 Å². The number of hydrogen-bond acceptors (Lipinski definition) is 4. The maximum absolute atomic E-state index is 9.93. The molecule has 0 aliphatic heterocycles. The maximum atomic E-state index is 9.93. The lowest BCUT2D eigenvalue weighted by molar-refractivity contribution is -0.401. The van der Waals surface area contributed by atoms with Crippen molar-refractivity contribution in [3.8, 4) is 0 Å². The van der Waals surface area contributed by atoms with Gasteiger partial charge in [0.05, 0.1) is 9.85 Å². The Morgan fingerprint density at radius 1 is 0.667 bits per heavy atom. The van der Waals surface area contributed by atoms with Gasteiger partial charge in [-0.1, -0.05) is 47.5 Å². The van der Waals surface area contributed by atoms with E-state index in [0.717, 1.165) is 23.5 Å². The van der Waals surface area contributed by atoms with Crippen LogP contribution in [-0.4, -0.2) is 9.85 Å². The first-order valence-electron chi connectivity index (χ1n) is 6.51. The van der Waals surface area contributed by atoms with Crippen molar-refractivity contribution in [2.75, 3.05) is 0 Å². The summed E-state index contributed by atoms with van der Waals surface area (Å²) in [6.07, 6.45) is 4.61. The van der Waals surface area contributed by atoms with E-state index in [4.69, 9.17) is 23.2 Å². The second kappa shape index (κ2) is 10.1. The van der Waals surface area contributed by atoms with E-state index in [0.29, 0.717) is 10.0 Å². The van der Waals surface area contributed by atoms with E-state index in [1.54, 1.807) is 48.5 Å². The summed E-state index contributed by atoms with van der Waals surface area (Å²) in [7, 11) is 0. The van der Waals surface area contributed by atoms with Gasteiger partial charge in [-0.3, -0.25) is 20.2 Å². The SMILES string of the molecule is O=[N+]([O-])C=Cc1ccc(Cl)cc1.O=[N+]([O-])C=Cc1ccc(Cl)cc1. The molecule has 2 rings (SSSR count). The summed E-state index contributed by atoms with van der Waals surface area (Å²) >= 11 is 11.2. The first-order valence-corrected chi connectivity index (χ1v) is 7.27. The highest BCUT2D eigenvalue weighted by Crippen LogP contribution is 2.11. The van der Waals surface area contributed by atoms with Gasteiger partial charge < -0.3 is 0 Å². The fourth-order valence-corrected chi connectivity index (χ4v) is 1.69. The van der Waals surface area contributed by atoms with E-state index in [-0.39, 0.29) is 0 Å². The molecule has 6 nitrogen and oxygen atoms in total. The van der Waals surface area contributed by atoms with Gasteiger partial charge in [0.2, 0.25) is 12.4 Å². The summed E-state index contributed by atoms with van der Waals surface area (Å²) < 4.78 is 0. The highest BCUT2D eigenvalue weighted by atomic mass is 35.5. The van der Waals surface area contributed by atoms with Crippen LogP contribution in [0.25, 0.3) is 12.2 Å². The molecule has 0 aliphatic carbocycles. The minimum absolute atomic E-state index is 0.505. The molecule has 2 aromatic carbocycles. The number of halogens is 2. The third kappa shape index (κ3) is 8.67. The van der Waals surface area contributed by atoms with E-state index in [1.165, 1.54) is 12.2 Å². The molecule has 2 aromatic rings. The minimum atomic E-state index is -0.505. The molecule has 124 valence electrons. The smallest absolute Gasteiger partial charge is 0.235 e. The molecular formula is C16H12Cl2N2O4. The van der Waals surface area contributed by atoms with Crippen LogP contribution in [0.4, 0.5) is 0 Å². The molecule has 0 fully saturated rings. The summed E-state index contributed by atoms with van der Waals surface area (Å²) in [5.41, 5.74) is 1.52. The average Bonchev–Trinajstić information content (AvgIpc) is 2.54. The molecule has 0 aliphatic rings. The van der Waals surface area contributed by atoms with Crippen LogP contribution in [0, 0.1) is 20.2 Å². The summed E-state index contributed by atoms with van der Waals surface area (Å²) in [5, 5.41) is 21.1. The van der Waals surface area contributed by atoms with Crippen LogP contribution in [0.1, 0.15) is 11.1 Å².